The van der Waals surface area contributed by atoms with Crippen molar-refractivity contribution < 1.29 is 19.1 Å². The number of imide groups is 1. The Labute approximate surface area is 298 Å². The highest BCUT2D eigenvalue weighted by molar-refractivity contribution is 6.25. The van der Waals surface area contributed by atoms with Gasteiger partial charge in [0.05, 0.1) is 17.7 Å². The second kappa shape index (κ2) is 16.2. The molecular weight excluding hydrogens is 631 g/mol. The molecule has 0 fully saturated rings. The van der Waals surface area contributed by atoms with Gasteiger partial charge in [0.1, 0.15) is 6.61 Å². The van der Waals surface area contributed by atoms with Crippen LogP contribution in [0.15, 0.2) is 133 Å². The van der Waals surface area contributed by atoms with Gasteiger partial charge < -0.3 is 4.74 Å². The van der Waals surface area contributed by atoms with E-state index in [-0.39, 0.29) is 18.7 Å². The van der Waals surface area contributed by atoms with Gasteiger partial charge in [-0.3, -0.25) is 14.5 Å². The Kier molecular flexibility index (Phi) is 10.9. The maximum absolute atomic E-state index is 14.4. The van der Waals surface area contributed by atoms with E-state index in [1.165, 1.54) is 4.90 Å². The highest BCUT2D eigenvalue weighted by Gasteiger charge is 2.40. The minimum Gasteiger partial charge on any atom is -0.460 e. The molecule has 1 aliphatic heterocycles. The first kappa shape index (κ1) is 34.3. The monoisotopic (exact) mass is 667 g/mol. The quantitative estimate of drug-likeness (QED) is 0.0575. The van der Waals surface area contributed by atoms with Gasteiger partial charge >= 0.3 is 5.97 Å². The molecule has 0 saturated carbocycles. The molecular formula is C46H37NO4. The van der Waals surface area contributed by atoms with E-state index in [0.717, 1.165) is 33.4 Å². The van der Waals surface area contributed by atoms with E-state index in [1.807, 2.05) is 170 Å². The van der Waals surface area contributed by atoms with Gasteiger partial charge in [0, 0.05) is 5.57 Å². The average Bonchev–Trinajstić information content (AvgIpc) is 3.41. The lowest BCUT2D eigenvalue weighted by Crippen LogP contribution is -2.33. The Hall–Kier alpha value is -6.59. The Morgan fingerprint density at radius 3 is 1.16 bits per heavy atom. The number of nitrogens with zero attached hydrogens (tertiary/aromatic N) is 1. The SMILES string of the molecule is C=C(C)C(=O)OCCN1C(=O)c2c(/C=C/c3ccccc3)c(/C=C/c3ccccc3)c(/C=C/c3ccccc3)c(/C=C/c3ccccc3)c2C1=O. The van der Waals surface area contributed by atoms with E-state index in [9.17, 15) is 14.4 Å². The predicted octanol–water partition coefficient (Wildman–Crippen LogP) is 10.1. The number of benzene rings is 5. The Morgan fingerprint density at radius 2 is 0.843 bits per heavy atom. The first-order valence-corrected chi connectivity index (χ1v) is 16.8. The van der Waals surface area contributed by atoms with Crippen molar-refractivity contribution in [3.05, 3.63) is 189 Å². The molecule has 5 heteroatoms. The van der Waals surface area contributed by atoms with Gasteiger partial charge in [-0.25, -0.2) is 4.79 Å². The van der Waals surface area contributed by atoms with Gasteiger partial charge in [-0.1, -0.05) is 177 Å². The smallest absolute Gasteiger partial charge is 0.333 e. The molecule has 0 saturated heterocycles. The fourth-order valence-electron chi connectivity index (χ4n) is 5.87. The van der Waals surface area contributed by atoms with Crippen molar-refractivity contribution in [2.45, 2.75) is 6.92 Å². The lowest BCUT2D eigenvalue weighted by molar-refractivity contribution is -0.139. The van der Waals surface area contributed by atoms with Crippen molar-refractivity contribution in [1.82, 2.24) is 4.90 Å². The van der Waals surface area contributed by atoms with Crippen molar-refractivity contribution in [1.29, 1.82) is 0 Å². The largest absolute Gasteiger partial charge is 0.460 e. The van der Waals surface area contributed by atoms with Crippen LogP contribution in [-0.2, 0) is 9.53 Å². The third kappa shape index (κ3) is 8.18. The molecule has 5 aromatic carbocycles. The van der Waals surface area contributed by atoms with Crippen molar-refractivity contribution in [2.75, 3.05) is 13.2 Å². The lowest BCUT2D eigenvalue weighted by Gasteiger charge is -2.16. The normalized spacial score (nSPS) is 12.8. The van der Waals surface area contributed by atoms with E-state index in [2.05, 4.69) is 6.58 Å². The summed E-state index contributed by atoms with van der Waals surface area (Å²) in [4.78, 5) is 42.2. The zero-order valence-electron chi connectivity index (χ0n) is 28.4. The molecule has 0 aliphatic carbocycles. The van der Waals surface area contributed by atoms with Crippen molar-refractivity contribution in [3.8, 4) is 0 Å². The second-order valence-electron chi connectivity index (χ2n) is 12.1. The minimum atomic E-state index is -0.578. The molecule has 1 heterocycles. The van der Waals surface area contributed by atoms with Crippen molar-refractivity contribution >= 4 is 66.4 Å². The van der Waals surface area contributed by atoms with Crippen LogP contribution in [0.2, 0.25) is 0 Å². The molecule has 0 bridgehead atoms. The molecule has 6 rings (SSSR count). The summed E-state index contributed by atoms with van der Waals surface area (Å²) in [5.74, 6) is -1.47. The number of esters is 1. The van der Waals surface area contributed by atoms with Crippen LogP contribution in [0.4, 0.5) is 0 Å². The Morgan fingerprint density at radius 1 is 0.529 bits per heavy atom. The molecule has 51 heavy (non-hydrogen) atoms. The van der Waals surface area contributed by atoms with Gasteiger partial charge in [-0.05, 0) is 51.4 Å². The van der Waals surface area contributed by atoms with Crippen LogP contribution in [-0.4, -0.2) is 35.8 Å². The summed E-state index contributed by atoms with van der Waals surface area (Å²) in [6.07, 6.45) is 15.8. The summed E-state index contributed by atoms with van der Waals surface area (Å²) in [6, 6.07) is 39.5. The molecule has 5 aromatic rings. The van der Waals surface area contributed by atoms with Gasteiger partial charge in [-0.2, -0.15) is 0 Å². The standard InChI is InChI=1S/C46H37NO4/c1-33(2)46(50)51-32-31-47-44(48)42-40(29-25-36-19-11-5-12-20-36)38(27-23-34-15-7-3-8-16-34)39(28-24-35-17-9-4-10-18-35)41(43(42)45(47)49)30-26-37-21-13-6-14-22-37/h3-30H,1,31-32H2,2H3/b27-23+,28-24+,29-25+,30-26+. The van der Waals surface area contributed by atoms with E-state index in [1.54, 1.807) is 6.92 Å². The molecule has 0 atom stereocenters. The summed E-state index contributed by atoms with van der Waals surface area (Å²) >= 11 is 0. The van der Waals surface area contributed by atoms with Crippen LogP contribution in [0.25, 0.3) is 48.6 Å². The minimum absolute atomic E-state index is 0.0978. The Balaban J connectivity index is 1.62. The molecule has 0 unspecified atom stereocenters. The van der Waals surface area contributed by atoms with E-state index < -0.39 is 17.8 Å². The average molecular weight is 668 g/mol. The molecule has 0 spiro atoms. The number of fused-ring (bicyclic) bond motifs is 1. The highest BCUT2D eigenvalue weighted by Crippen LogP contribution is 2.39. The molecule has 0 aromatic heterocycles. The van der Waals surface area contributed by atoms with Crippen LogP contribution in [0.3, 0.4) is 0 Å². The van der Waals surface area contributed by atoms with E-state index in [0.29, 0.717) is 22.3 Å². The molecule has 2 amide bonds. The zero-order chi connectivity index (χ0) is 35.6. The summed E-state index contributed by atoms with van der Waals surface area (Å²) in [5, 5.41) is 0. The van der Waals surface area contributed by atoms with Gasteiger partial charge in [0.25, 0.3) is 11.8 Å². The fourth-order valence-corrected chi connectivity index (χ4v) is 5.87. The summed E-state index contributed by atoms with van der Waals surface area (Å²) < 4.78 is 5.32. The van der Waals surface area contributed by atoms with Crippen molar-refractivity contribution in [2.24, 2.45) is 0 Å². The van der Waals surface area contributed by atoms with E-state index >= 15 is 0 Å². The number of rotatable bonds is 12. The third-order valence-corrected chi connectivity index (χ3v) is 8.44. The van der Waals surface area contributed by atoms with Crippen molar-refractivity contribution in [3.63, 3.8) is 0 Å². The maximum atomic E-state index is 14.4. The number of ether oxygens (including phenoxy) is 1. The van der Waals surface area contributed by atoms with Gasteiger partial charge in [0.2, 0.25) is 0 Å². The van der Waals surface area contributed by atoms with Gasteiger partial charge in [0.15, 0.2) is 0 Å². The van der Waals surface area contributed by atoms with Crippen LogP contribution < -0.4 is 0 Å². The Bertz CT molecular complexity index is 2040. The number of carbonyl (C=O) groups excluding carboxylic acids is 3. The third-order valence-electron chi connectivity index (χ3n) is 8.44. The summed E-state index contributed by atoms with van der Waals surface area (Å²) in [7, 11) is 0. The molecule has 250 valence electrons. The van der Waals surface area contributed by atoms with Crippen LogP contribution in [0.1, 0.15) is 72.1 Å². The van der Waals surface area contributed by atoms with Gasteiger partial charge in [-0.15, -0.1) is 0 Å². The van der Waals surface area contributed by atoms with Crippen LogP contribution in [0.5, 0.6) is 0 Å². The number of hydrogen-bond acceptors (Lipinski definition) is 4. The second-order valence-corrected chi connectivity index (χ2v) is 12.1. The first-order valence-electron chi connectivity index (χ1n) is 16.8. The summed E-state index contributed by atoms with van der Waals surface area (Å²) in [5.41, 5.74) is 7.49. The number of carbonyl (C=O) groups is 3. The zero-order valence-corrected chi connectivity index (χ0v) is 28.4. The molecule has 1 aliphatic rings. The van der Waals surface area contributed by atoms with Crippen LogP contribution >= 0.6 is 0 Å². The predicted molar refractivity (Wildman–Crippen MR) is 209 cm³/mol. The number of hydrogen-bond donors (Lipinski definition) is 0. The number of amides is 2. The highest BCUT2D eigenvalue weighted by atomic mass is 16.5. The van der Waals surface area contributed by atoms with E-state index in [4.69, 9.17) is 4.74 Å². The fraction of sp³-hybridized carbons (Fsp3) is 0.0652. The summed E-state index contributed by atoms with van der Waals surface area (Å²) in [6.45, 7) is 4.93. The molecule has 0 radical (unpaired) electrons. The molecule has 5 nitrogen and oxygen atoms in total. The lowest BCUT2D eigenvalue weighted by atomic mass is 9.85. The topological polar surface area (TPSA) is 63.7 Å². The first-order chi connectivity index (χ1) is 24.9. The maximum Gasteiger partial charge on any atom is 0.333 e. The molecule has 0 N–H and O–H groups in total. The van der Waals surface area contributed by atoms with Crippen LogP contribution in [0, 0.1) is 0 Å².